The lowest BCUT2D eigenvalue weighted by Gasteiger charge is -2.10. The third-order valence-electron chi connectivity index (χ3n) is 4.30. The van der Waals surface area contributed by atoms with Crippen LogP contribution in [-0.4, -0.2) is 23.1 Å². The summed E-state index contributed by atoms with van der Waals surface area (Å²) >= 11 is 11.3. The SMILES string of the molecule is COc1ccc(C(=O)NC(=S)Nc2cccc(-c3nc4cc(Cl)ccc4o3)c2)cc1. The van der Waals surface area contributed by atoms with Gasteiger partial charge in [-0.2, -0.15) is 0 Å². The highest BCUT2D eigenvalue weighted by Gasteiger charge is 2.11. The molecule has 1 heterocycles. The van der Waals surface area contributed by atoms with E-state index in [4.69, 9.17) is 33.0 Å². The zero-order valence-electron chi connectivity index (χ0n) is 15.8. The van der Waals surface area contributed by atoms with Crippen molar-refractivity contribution >= 4 is 51.6 Å². The largest absolute Gasteiger partial charge is 0.497 e. The Labute approximate surface area is 182 Å². The number of carbonyl (C=O) groups is 1. The Morgan fingerprint density at radius 2 is 1.90 bits per heavy atom. The fourth-order valence-electron chi connectivity index (χ4n) is 2.83. The molecule has 0 fully saturated rings. The van der Waals surface area contributed by atoms with Crippen molar-refractivity contribution in [3.8, 4) is 17.2 Å². The van der Waals surface area contributed by atoms with E-state index < -0.39 is 0 Å². The van der Waals surface area contributed by atoms with Crippen LogP contribution in [0.2, 0.25) is 5.02 Å². The topological polar surface area (TPSA) is 76.4 Å². The van der Waals surface area contributed by atoms with Crippen molar-refractivity contribution in [1.82, 2.24) is 10.3 Å². The number of methoxy groups -OCH3 is 1. The van der Waals surface area contributed by atoms with Gasteiger partial charge < -0.3 is 14.5 Å². The quantitative estimate of drug-likeness (QED) is 0.423. The maximum absolute atomic E-state index is 12.3. The van der Waals surface area contributed by atoms with Gasteiger partial charge in [0, 0.05) is 21.8 Å². The van der Waals surface area contributed by atoms with Crippen LogP contribution in [0.25, 0.3) is 22.6 Å². The van der Waals surface area contributed by atoms with Gasteiger partial charge in [0.15, 0.2) is 10.7 Å². The van der Waals surface area contributed by atoms with Crippen LogP contribution in [0, 0.1) is 0 Å². The number of rotatable bonds is 4. The number of hydrogen-bond acceptors (Lipinski definition) is 5. The molecule has 0 spiro atoms. The smallest absolute Gasteiger partial charge is 0.257 e. The Kier molecular flexibility index (Phi) is 5.65. The number of anilines is 1. The Balaban J connectivity index is 1.46. The zero-order valence-corrected chi connectivity index (χ0v) is 17.4. The normalized spacial score (nSPS) is 10.6. The van der Waals surface area contributed by atoms with E-state index in [0.29, 0.717) is 39.0 Å². The molecular weight excluding hydrogens is 422 g/mol. The van der Waals surface area contributed by atoms with Crippen LogP contribution in [0.5, 0.6) is 5.75 Å². The molecule has 0 saturated heterocycles. The predicted molar refractivity (Wildman–Crippen MR) is 121 cm³/mol. The van der Waals surface area contributed by atoms with Crippen molar-refractivity contribution in [3.05, 3.63) is 77.3 Å². The number of halogens is 1. The van der Waals surface area contributed by atoms with Gasteiger partial charge in [0.25, 0.3) is 5.91 Å². The maximum Gasteiger partial charge on any atom is 0.257 e. The Morgan fingerprint density at radius 1 is 1.10 bits per heavy atom. The molecule has 0 aliphatic rings. The number of ether oxygens (including phenoxy) is 1. The van der Waals surface area contributed by atoms with Gasteiger partial charge >= 0.3 is 0 Å². The van der Waals surface area contributed by atoms with Crippen LogP contribution in [0.1, 0.15) is 10.4 Å². The minimum Gasteiger partial charge on any atom is -0.497 e. The van der Waals surface area contributed by atoms with Gasteiger partial charge in [0.1, 0.15) is 11.3 Å². The second kappa shape index (κ2) is 8.52. The van der Waals surface area contributed by atoms with Crippen LogP contribution < -0.4 is 15.4 Å². The average Bonchev–Trinajstić information content (AvgIpc) is 3.17. The summed E-state index contributed by atoms with van der Waals surface area (Å²) in [6.07, 6.45) is 0. The summed E-state index contributed by atoms with van der Waals surface area (Å²) in [6.45, 7) is 0. The first-order valence-corrected chi connectivity index (χ1v) is 9.73. The molecule has 6 nitrogen and oxygen atoms in total. The first kappa shape index (κ1) is 19.9. The number of fused-ring (bicyclic) bond motifs is 1. The first-order chi connectivity index (χ1) is 14.5. The summed E-state index contributed by atoms with van der Waals surface area (Å²) in [4.78, 5) is 16.8. The van der Waals surface area contributed by atoms with Crippen molar-refractivity contribution in [2.45, 2.75) is 0 Å². The predicted octanol–water partition coefficient (Wildman–Crippen LogP) is 5.28. The van der Waals surface area contributed by atoms with Crippen LogP contribution in [-0.2, 0) is 0 Å². The highest BCUT2D eigenvalue weighted by Crippen LogP contribution is 2.27. The van der Waals surface area contributed by atoms with Crippen molar-refractivity contribution in [3.63, 3.8) is 0 Å². The van der Waals surface area contributed by atoms with E-state index in [0.717, 1.165) is 5.56 Å². The average molecular weight is 438 g/mol. The van der Waals surface area contributed by atoms with E-state index in [9.17, 15) is 4.79 Å². The Bertz CT molecular complexity index is 1240. The molecular formula is C22H16ClN3O3S. The Hall–Kier alpha value is -3.42. The molecule has 1 amide bonds. The molecule has 3 aromatic carbocycles. The van der Waals surface area contributed by atoms with Crippen molar-refractivity contribution in [1.29, 1.82) is 0 Å². The monoisotopic (exact) mass is 437 g/mol. The van der Waals surface area contributed by atoms with Crippen LogP contribution >= 0.6 is 23.8 Å². The molecule has 0 saturated carbocycles. The summed E-state index contributed by atoms with van der Waals surface area (Å²) in [6, 6.07) is 19.4. The molecule has 0 radical (unpaired) electrons. The minimum atomic E-state index is -0.317. The number of amides is 1. The fraction of sp³-hybridized carbons (Fsp3) is 0.0455. The van der Waals surface area contributed by atoms with E-state index in [1.807, 2.05) is 24.3 Å². The van der Waals surface area contributed by atoms with Gasteiger partial charge in [0.2, 0.25) is 5.89 Å². The van der Waals surface area contributed by atoms with Gasteiger partial charge in [-0.15, -0.1) is 0 Å². The van der Waals surface area contributed by atoms with Crippen LogP contribution in [0.3, 0.4) is 0 Å². The van der Waals surface area contributed by atoms with E-state index in [1.54, 1.807) is 49.6 Å². The summed E-state index contributed by atoms with van der Waals surface area (Å²) < 4.78 is 10.9. The molecule has 4 rings (SSSR count). The van der Waals surface area contributed by atoms with Gasteiger partial charge in [-0.25, -0.2) is 4.98 Å². The summed E-state index contributed by atoms with van der Waals surface area (Å²) in [5, 5.41) is 6.43. The van der Waals surface area contributed by atoms with Gasteiger partial charge in [-0.1, -0.05) is 17.7 Å². The number of hydrogen-bond donors (Lipinski definition) is 2. The molecule has 0 unspecified atom stereocenters. The molecule has 1 aromatic heterocycles. The number of thiocarbonyl (C=S) groups is 1. The van der Waals surface area contributed by atoms with E-state index in [-0.39, 0.29) is 11.0 Å². The number of aromatic nitrogens is 1. The zero-order chi connectivity index (χ0) is 21.1. The molecule has 8 heteroatoms. The molecule has 0 aliphatic heterocycles. The van der Waals surface area contributed by atoms with Crippen LogP contribution in [0.15, 0.2) is 71.1 Å². The van der Waals surface area contributed by atoms with E-state index in [2.05, 4.69) is 15.6 Å². The van der Waals surface area contributed by atoms with Gasteiger partial charge in [-0.05, 0) is 72.9 Å². The van der Waals surface area contributed by atoms with Crippen LogP contribution in [0.4, 0.5) is 5.69 Å². The third kappa shape index (κ3) is 4.42. The van der Waals surface area contributed by atoms with E-state index >= 15 is 0 Å². The lowest BCUT2D eigenvalue weighted by Crippen LogP contribution is -2.34. The van der Waals surface area contributed by atoms with Crippen molar-refractivity contribution < 1.29 is 13.9 Å². The molecule has 150 valence electrons. The number of benzene rings is 3. The lowest BCUT2D eigenvalue weighted by atomic mass is 10.2. The van der Waals surface area contributed by atoms with Gasteiger partial charge in [0.05, 0.1) is 7.11 Å². The molecule has 0 aliphatic carbocycles. The number of nitrogens with zero attached hydrogens (tertiary/aromatic N) is 1. The second-order valence-corrected chi connectivity index (χ2v) is 7.19. The third-order valence-corrected chi connectivity index (χ3v) is 4.74. The van der Waals surface area contributed by atoms with Crippen molar-refractivity contribution in [2.75, 3.05) is 12.4 Å². The Morgan fingerprint density at radius 3 is 2.67 bits per heavy atom. The first-order valence-electron chi connectivity index (χ1n) is 8.95. The van der Waals surface area contributed by atoms with Gasteiger partial charge in [-0.3, -0.25) is 10.1 Å². The maximum atomic E-state index is 12.3. The molecule has 4 aromatic rings. The lowest BCUT2D eigenvalue weighted by molar-refractivity contribution is 0.0977. The molecule has 2 N–H and O–H groups in total. The molecule has 0 atom stereocenters. The molecule has 0 bridgehead atoms. The molecule has 30 heavy (non-hydrogen) atoms. The standard InChI is InChI=1S/C22H16ClN3O3S/c1-28-17-8-5-13(6-9-17)20(27)26-22(30)24-16-4-2-3-14(11-16)21-25-18-12-15(23)7-10-19(18)29-21/h2-12H,1H3,(H2,24,26,27,30). The number of carbonyl (C=O) groups excluding carboxylic acids is 1. The second-order valence-electron chi connectivity index (χ2n) is 6.35. The highest BCUT2D eigenvalue weighted by atomic mass is 35.5. The summed E-state index contributed by atoms with van der Waals surface area (Å²) in [5.74, 6) is 0.816. The fourth-order valence-corrected chi connectivity index (χ4v) is 3.21. The van der Waals surface area contributed by atoms with E-state index in [1.165, 1.54) is 0 Å². The minimum absolute atomic E-state index is 0.178. The summed E-state index contributed by atoms with van der Waals surface area (Å²) in [5.41, 5.74) is 3.25. The highest BCUT2D eigenvalue weighted by molar-refractivity contribution is 7.80. The summed E-state index contributed by atoms with van der Waals surface area (Å²) in [7, 11) is 1.57. The number of oxazole rings is 1. The van der Waals surface area contributed by atoms with Crippen molar-refractivity contribution in [2.24, 2.45) is 0 Å². The number of nitrogens with one attached hydrogen (secondary N) is 2.